The third-order valence-corrected chi connectivity index (χ3v) is 6.25. The number of thiazole rings is 1. The van der Waals surface area contributed by atoms with Gasteiger partial charge in [0.05, 0.1) is 17.8 Å². The minimum Gasteiger partial charge on any atom is -0.339 e. The van der Waals surface area contributed by atoms with Crippen molar-refractivity contribution in [2.75, 3.05) is 6.54 Å². The maximum atomic E-state index is 12.8. The molecule has 3 heterocycles. The van der Waals surface area contributed by atoms with Gasteiger partial charge in [0.2, 0.25) is 5.91 Å². The fourth-order valence-electron chi connectivity index (χ4n) is 4.19. The van der Waals surface area contributed by atoms with E-state index in [2.05, 4.69) is 14.9 Å². The molecule has 1 saturated carbocycles. The molecule has 2 aromatic rings. The number of fused-ring (bicyclic) bond motifs is 1. The van der Waals surface area contributed by atoms with Crippen LogP contribution in [0.25, 0.3) is 10.7 Å². The quantitative estimate of drug-likeness (QED) is 0.850. The Bertz CT molecular complexity index is 698. The lowest BCUT2D eigenvalue weighted by molar-refractivity contribution is -0.136. The van der Waals surface area contributed by atoms with Gasteiger partial charge in [0.25, 0.3) is 0 Å². The van der Waals surface area contributed by atoms with Gasteiger partial charge in [-0.2, -0.15) is 0 Å². The average Bonchev–Trinajstić information content (AvgIpc) is 3.10. The Labute approximate surface area is 146 Å². The van der Waals surface area contributed by atoms with Gasteiger partial charge in [-0.05, 0) is 43.7 Å². The van der Waals surface area contributed by atoms with Crippen molar-refractivity contribution in [1.82, 2.24) is 14.9 Å². The maximum absolute atomic E-state index is 12.8. The highest BCUT2D eigenvalue weighted by Gasteiger charge is 2.35. The van der Waals surface area contributed by atoms with Crippen LogP contribution < -0.4 is 0 Å². The van der Waals surface area contributed by atoms with Crippen molar-refractivity contribution in [3.8, 4) is 10.7 Å². The molecule has 1 saturated heterocycles. The number of pyridine rings is 1. The summed E-state index contributed by atoms with van der Waals surface area (Å²) in [5.41, 5.74) is 1.76. The van der Waals surface area contributed by atoms with E-state index in [9.17, 15) is 4.79 Å². The number of likely N-dealkylation sites (tertiary alicyclic amines) is 1. The van der Waals surface area contributed by atoms with Gasteiger partial charge in [0, 0.05) is 24.2 Å². The van der Waals surface area contributed by atoms with Crippen LogP contribution in [-0.4, -0.2) is 33.4 Å². The van der Waals surface area contributed by atoms with E-state index in [0.717, 1.165) is 35.3 Å². The molecule has 2 atom stereocenters. The lowest BCUT2D eigenvalue weighted by Crippen LogP contribution is -2.50. The molecule has 4 rings (SSSR count). The van der Waals surface area contributed by atoms with Crippen LogP contribution in [-0.2, 0) is 11.2 Å². The number of carbonyl (C=O) groups is 1. The molecular formula is C19H23N3OS. The molecule has 126 valence electrons. The molecule has 2 aromatic heterocycles. The summed E-state index contributed by atoms with van der Waals surface area (Å²) in [6.07, 6.45) is 9.75. The molecule has 5 heteroatoms. The predicted molar refractivity (Wildman–Crippen MR) is 95.7 cm³/mol. The molecule has 1 aliphatic heterocycles. The highest BCUT2D eigenvalue weighted by atomic mass is 32.1. The Kier molecular flexibility index (Phi) is 4.60. The third kappa shape index (κ3) is 3.22. The molecular weight excluding hydrogens is 318 g/mol. The van der Waals surface area contributed by atoms with E-state index in [1.807, 2.05) is 23.6 Å². The number of hydrogen-bond donors (Lipinski definition) is 0. The minimum atomic E-state index is 0.254. The van der Waals surface area contributed by atoms with E-state index < -0.39 is 0 Å². The van der Waals surface area contributed by atoms with Gasteiger partial charge in [-0.1, -0.05) is 18.9 Å². The molecule has 24 heavy (non-hydrogen) atoms. The van der Waals surface area contributed by atoms with E-state index in [1.165, 1.54) is 32.1 Å². The van der Waals surface area contributed by atoms with Crippen LogP contribution in [0.15, 0.2) is 29.8 Å². The van der Waals surface area contributed by atoms with Gasteiger partial charge in [-0.15, -0.1) is 11.3 Å². The van der Waals surface area contributed by atoms with Crippen molar-refractivity contribution < 1.29 is 4.79 Å². The van der Waals surface area contributed by atoms with Crippen molar-refractivity contribution in [3.63, 3.8) is 0 Å². The summed E-state index contributed by atoms with van der Waals surface area (Å²) >= 11 is 1.57. The van der Waals surface area contributed by atoms with Crippen LogP contribution in [0.3, 0.4) is 0 Å². The number of piperidine rings is 1. The Balaban J connectivity index is 1.45. The molecule has 1 amide bonds. The van der Waals surface area contributed by atoms with Crippen LogP contribution in [0, 0.1) is 5.92 Å². The summed E-state index contributed by atoms with van der Waals surface area (Å²) < 4.78 is 0. The molecule has 2 fully saturated rings. The SMILES string of the molecule is O=C(Cc1csc(-c2ccccn2)n1)N1CCC[C@H]2CCCC[C@@H]21. The molecule has 2 aliphatic rings. The van der Waals surface area contributed by atoms with Gasteiger partial charge < -0.3 is 4.90 Å². The fourth-order valence-corrected chi connectivity index (χ4v) is 4.98. The lowest BCUT2D eigenvalue weighted by atomic mass is 9.78. The van der Waals surface area contributed by atoms with Gasteiger partial charge >= 0.3 is 0 Å². The zero-order valence-electron chi connectivity index (χ0n) is 13.9. The first-order chi connectivity index (χ1) is 11.8. The summed E-state index contributed by atoms with van der Waals surface area (Å²) in [7, 11) is 0. The Morgan fingerprint density at radius 2 is 2.08 bits per heavy atom. The Morgan fingerprint density at radius 3 is 2.96 bits per heavy atom. The number of rotatable bonds is 3. The summed E-state index contributed by atoms with van der Waals surface area (Å²) in [6.45, 7) is 0.928. The standard InChI is InChI=1S/C19H23N3OS/c23-18(22-11-5-7-14-6-1-2-9-17(14)22)12-15-13-24-19(21-15)16-8-3-4-10-20-16/h3-4,8,10,13-14,17H,1-2,5-7,9,11-12H2/t14-,17+/m1/s1. The first kappa shape index (κ1) is 15.8. The molecule has 1 aliphatic carbocycles. The predicted octanol–water partition coefficient (Wildman–Crippen LogP) is 3.93. The van der Waals surface area contributed by atoms with Gasteiger partial charge in [-0.25, -0.2) is 4.98 Å². The molecule has 0 N–H and O–H groups in total. The van der Waals surface area contributed by atoms with Crippen molar-refractivity contribution >= 4 is 17.2 Å². The number of carbonyl (C=O) groups excluding carboxylic acids is 1. The molecule has 0 unspecified atom stereocenters. The van der Waals surface area contributed by atoms with Crippen molar-refractivity contribution in [2.24, 2.45) is 5.92 Å². The van der Waals surface area contributed by atoms with E-state index in [4.69, 9.17) is 0 Å². The zero-order chi connectivity index (χ0) is 16.4. The van der Waals surface area contributed by atoms with E-state index in [-0.39, 0.29) is 5.91 Å². The average molecular weight is 341 g/mol. The van der Waals surface area contributed by atoms with Crippen molar-refractivity contribution in [3.05, 3.63) is 35.5 Å². The van der Waals surface area contributed by atoms with Gasteiger partial charge in [0.15, 0.2) is 0 Å². The maximum Gasteiger partial charge on any atom is 0.228 e. The summed E-state index contributed by atoms with van der Waals surface area (Å²) in [5.74, 6) is 0.987. The van der Waals surface area contributed by atoms with Gasteiger partial charge in [0.1, 0.15) is 5.01 Å². The summed E-state index contributed by atoms with van der Waals surface area (Å²) in [5, 5.41) is 2.90. The monoisotopic (exact) mass is 341 g/mol. The second-order valence-corrected chi connectivity index (χ2v) is 7.74. The van der Waals surface area contributed by atoms with E-state index in [0.29, 0.717) is 12.5 Å². The third-order valence-electron chi connectivity index (χ3n) is 5.33. The van der Waals surface area contributed by atoms with Crippen LogP contribution in [0.5, 0.6) is 0 Å². The number of nitrogens with zero attached hydrogens (tertiary/aromatic N) is 3. The lowest BCUT2D eigenvalue weighted by Gasteiger charge is -2.44. The van der Waals surface area contributed by atoms with Crippen LogP contribution in [0.1, 0.15) is 44.2 Å². The topological polar surface area (TPSA) is 46.1 Å². The highest BCUT2D eigenvalue weighted by Crippen LogP contribution is 2.35. The molecule has 4 nitrogen and oxygen atoms in total. The second kappa shape index (κ2) is 7.01. The molecule has 0 radical (unpaired) electrons. The first-order valence-electron chi connectivity index (χ1n) is 8.96. The fraction of sp³-hybridized carbons (Fsp3) is 0.526. The van der Waals surface area contributed by atoms with E-state index in [1.54, 1.807) is 17.5 Å². The molecule has 0 spiro atoms. The highest BCUT2D eigenvalue weighted by molar-refractivity contribution is 7.13. The summed E-state index contributed by atoms with van der Waals surface area (Å²) in [6, 6.07) is 6.31. The van der Waals surface area contributed by atoms with Crippen LogP contribution in [0.2, 0.25) is 0 Å². The first-order valence-corrected chi connectivity index (χ1v) is 9.84. The van der Waals surface area contributed by atoms with Crippen LogP contribution >= 0.6 is 11.3 Å². The number of aromatic nitrogens is 2. The number of amides is 1. The normalized spacial score (nSPS) is 23.8. The minimum absolute atomic E-state index is 0.254. The number of hydrogen-bond acceptors (Lipinski definition) is 4. The van der Waals surface area contributed by atoms with Crippen molar-refractivity contribution in [1.29, 1.82) is 0 Å². The summed E-state index contributed by atoms with van der Waals surface area (Å²) in [4.78, 5) is 24.0. The Hall–Kier alpha value is -1.75. The smallest absolute Gasteiger partial charge is 0.228 e. The molecule has 0 bridgehead atoms. The Morgan fingerprint density at radius 1 is 1.21 bits per heavy atom. The molecule has 0 aromatic carbocycles. The van der Waals surface area contributed by atoms with Gasteiger partial charge in [-0.3, -0.25) is 9.78 Å². The van der Waals surface area contributed by atoms with Crippen molar-refractivity contribution in [2.45, 2.75) is 51.0 Å². The largest absolute Gasteiger partial charge is 0.339 e. The second-order valence-electron chi connectivity index (χ2n) is 6.88. The zero-order valence-corrected chi connectivity index (χ0v) is 14.7. The van der Waals surface area contributed by atoms with Crippen LogP contribution in [0.4, 0.5) is 0 Å². The van der Waals surface area contributed by atoms with E-state index >= 15 is 0 Å².